The van der Waals surface area contributed by atoms with Crippen molar-refractivity contribution in [3.05, 3.63) is 35.9 Å². The molecule has 1 rings (SSSR count). The predicted octanol–water partition coefficient (Wildman–Crippen LogP) is 2.50. The van der Waals surface area contributed by atoms with Crippen molar-refractivity contribution in [2.24, 2.45) is 5.41 Å². The Morgan fingerprint density at radius 3 is 2.35 bits per heavy atom. The Kier molecular flexibility index (Phi) is 4.68. The molecule has 0 amide bonds. The van der Waals surface area contributed by atoms with Gasteiger partial charge in [-0.05, 0) is 11.0 Å². The van der Waals surface area contributed by atoms with Gasteiger partial charge in [0.25, 0.3) is 0 Å². The summed E-state index contributed by atoms with van der Waals surface area (Å²) >= 11 is 0. The van der Waals surface area contributed by atoms with E-state index in [4.69, 9.17) is 10.00 Å². The first-order valence-corrected chi connectivity index (χ1v) is 5.68. The van der Waals surface area contributed by atoms with E-state index in [0.717, 1.165) is 5.56 Å². The lowest BCUT2D eigenvalue weighted by molar-refractivity contribution is -0.0809. The van der Waals surface area contributed by atoms with Crippen LogP contribution in [-0.4, -0.2) is 17.3 Å². The molecule has 0 aliphatic rings. The molecule has 1 aromatic rings. The van der Waals surface area contributed by atoms with E-state index in [-0.39, 0.29) is 5.41 Å². The zero-order valence-corrected chi connectivity index (χ0v) is 10.6. The average molecular weight is 233 g/mol. The molecule has 1 aromatic carbocycles. The minimum Gasteiger partial charge on any atom is -0.375 e. The highest BCUT2D eigenvalue weighted by Crippen LogP contribution is 2.25. The number of nitriles is 1. The quantitative estimate of drug-likeness (QED) is 0.813. The highest BCUT2D eigenvalue weighted by Gasteiger charge is 2.32. The van der Waals surface area contributed by atoms with Crippen LogP contribution in [0.25, 0.3) is 0 Å². The molecule has 3 nitrogen and oxygen atoms in total. The van der Waals surface area contributed by atoms with Gasteiger partial charge in [0.2, 0.25) is 0 Å². The topological polar surface area (TPSA) is 53.2 Å². The molecule has 2 atom stereocenters. The predicted molar refractivity (Wildman–Crippen MR) is 66.1 cm³/mol. The maximum absolute atomic E-state index is 9.65. The molecule has 0 radical (unpaired) electrons. The Morgan fingerprint density at radius 2 is 1.88 bits per heavy atom. The Hall–Kier alpha value is -1.37. The molecule has 1 N–H and O–H groups in total. The van der Waals surface area contributed by atoms with Gasteiger partial charge in [0, 0.05) is 0 Å². The van der Waals surface area contributed by atoms with Crippen LogP contribution in [0.2, 0.25) is 0 Å². The van der Waals surface area contributed by atoms with Crippen LogP contribution in [0.1, 0.15) is 26.3 Å². The third-order valence-corrected chi connectivity index (χ3v) is 2.54. The van der Waals surface area contributed by atoms with Crippen LogP contribution in [0, 0.1) is 16.7 Å². The molecule has 0 saturated carbocycles. The highest BCUT2D eigenvalue weighted by atomic mass is 16.5. The maximum atomic E-state index is 9.65. The first-order valence-electron chi connectivity index (χ1n) is 5.68. The van der Waals surface area contributed by atoms with E-state index in [1.807, 2.05) is 57.2 Å². The first-order chi connectivity index (χ1) is 7.95. The molecule has 0 aromatic heterocycles. The lowest BCUT2D eigenvalue weighted by Crippen LogP contribution is -2.39. The zero-order valence-electron chi connectivity index (χ0n) is 10.6. The van der Waals surface area contributed by atoms with Crippen LogP contribution < -0.4 is 0 Å². The van der Waals surface area contributed by atoms with Crippen LogP contribution >= 0.6 is 0 Å². The van der Waals surface area contributed by atoms with Crippen molar-refractivity contribution in [1.29, 1.82) is 5.26 Å². The SMILES string of the molecule is CC(C)(C)[C@@H](OCc1ccccc1)[C@H](O)C#N. The molecule has 0 unspecified atom stereocenters. The fourth-order valence-electron chi connectivity index (χ4n) is 1.64. The molecule has 0 aliphatic carbocycles. The van der Waals surface area contributed by atoms with Gasteiger partial charge in [-0.25, -0.2) is 0 Å². The fourth-order valence-corrected chi connectivity index (χ4v) is 1.64. The van der Waals surface area contributed by atoms with E-state index >= 15 is 0 Å². The van der Waals surface area contributed by atoms with E-state index in [2.05, 4.69) is 0 Å². The summed E-state index contributed by atoms with van der Waals surface area (Å²) in [6.45, 7) is 6.25. The van der Waals surface area contributed by atoms with Crippen LogP contribution in [-0.2, 0) is 11.3 Å². The first kappa shape index (κ1) is 13.7. The molecule has 0 fully saturated rings. The third kappa shape index (κ3) is 4.18. The Balaban J connectivity index is 2.66. The molecular formula is C14H19NO2. The van der Waals surface area contributed by atoms with Gasteiger partial charge in [0.1, 0.15) is 6.10 Å². The van der Waals surface area contributed by atoms with E-state index in [0.29, 0.717) is 6.61 Å². The van der Waals surface area contributed by atoms with Crippen molar-refractivity contribution in [2.75, 3.05) is 0 Å². The highest BCUT2D eigenvalue weighted by molar-refractivity contribution is 5.13. The minimum absolute atomic E-state index is 0.274. The van der Waals surface area contributed by atoms with E-state index in [1.165, 1.54) is 0 Å². The van der Waals surface area contributed by atoms with Gasteiger partial charge in [0.05, 0.1) is 12.7 Å². The van der Waals surface area contributed by atoms with Gasteiger partial charge in [-0.3, -0.25) is 0 Å². The van der Waals surface area contributed by atoms with Crippen LogP contribution in [0.5, 0.6) is 0 Å². The van der Waals surface area contributed by atoms with Gasteiger partial charge in [-0.1, -0.05) is 51.1 Å². The van der Waals surface area contributed by atoms with Crippen molar-refractivity contribution in [1.82, 2.24) is 0 Å². The summed E-state index contributed by atoms with van der Waals surface area (Å²) < 4.78 is 5.67. The Bertz CT molecular complexity index is 375. The van der Waals surface area contributed by atoms with Crippen LogP contribution in [0.15, 0.2) is 30.3 Å². The number of hydrogen-bond donors (Lipinski definition) is 1. The Labute approximate surface area is 103 Å². The van der Waals surface area contributed by atoms with Crippen molar-refractivity contribution in [3.8, 4) is 6.07 Å². The lowest BCUT2D eigenvalue weighted by atomic mass is 9.86. The number of benzene rings is 1. The molecule has 0 spiro atoms. The smallest absolute Gasteiger partial charge is 0.167 e. The second-order valence-electron chi connectivity index (χ2n) is 5.16. The second kappa shape index (κ2) is 5.81. The van der Waals surface area contributed by atoms with Gasteiger partial charge in [-0.2, -0.15) is 5.26 Å². The average Bonchev–Trinajstić information content (AvgIpc) is 2.28. The molecule has 0 heterocycles. The standard InChI is InChI=1S/C14H19NO2/c1-14(2,3)13(12(16)9-15)17-10-11-7-5-4-6-8-11/h4-8,12-13,16H,10H2,1-3H3/t12-,13+/m1/s1. The molecule has 0 saturated heterocycles. The normalized spacial score (nSPS) is 15.0. The second-order valence-corrected chi connectivity index (χ2v) is 5.16. The van der Waals surface area contributed by atoms with E-state index in [9.17, 15) is 5.11 Å². The van der Waals surface area contributed by atoms with Crippen LogP contribution in [0.3, 0.4) is 0 Å². The van der Waals surface area contributed by atoms with E-state index in [1.54, 1.807) is 0 Å². The number of rotatable bonds is 4. The monoisotopic (exact) mass is 233 g/mol. The van der Waals surface area contributed by atoms with Crippen molar-refractivity contribution < 1.29 is 9.84 Å². The van der Waals surface area contributed by atoms with Gasteiger partial charge < -0.3 is 9.84 Å². The number of nitrogens with zero attached hydrogens (tertiary/aromatic N) is 1. The molecule has 3 heteroatoms. The summed E-state index contributed by atoms with van der Waals surface area (Å²) in [5, 5.41) is 18.4. The summed E-state index contributed by atoms with van der Waals surface area (Å²) in [4.78, 5) is 0. The van der Waals surface area contributed by atoms with Gasteiger partial charge >= 0.3 is 0 Å². The minimum atomic E-state index is -1.10. The van der Waals surface area contributed by atoms with E-state index < -0.39 is 12.2 Å². The van der Waals surface area contributed by atoms with Crippen molar-refractivity contribution in [3.63, 3.8) is 0 Å². The summed E-state index contributed by atoms with van der Waals surface area (Å²) in [5.41, 5.74) is 0.760. The van der Waals surface area contributed by atoms with Crippen LogP contribution in [0.4, 0.5) is 0 Å². The number of aliphatic hydroxyl groups excluding tert-OH is 1. The molecule has 0 bridgehead atoms. The van der Waals surface area contributed by atoms with Crippen molar-refractivity contribution in [2.45, 2.75) is 39.6 Å². The Morgan fingerprint density at radius 1 is 1.29 bits per heavy atom. The molecule has 0 aliphatic heterocycles. The number of aliphatic hydroxyl groups is 1. The van der Waals surface area contributed by atoms with Gasteiger partial charge in [-0.15, -0.1) is 0 Å². The summed E-state index contributed by atoms with van der Waals surface area (Å²) in [5.74, 6) is 0. The number of hydrogen-bond acceptors (Lipinski definition) is 3. The molecular weight excluding hydrogens is 214 g/mol. The summed E-state index contributed by atoms with van der Waals surface area (Å²) in [7, 11) is 0. The number of ether oxygens (including phenoxy) is 1. The summed E-state index contributed by atoms with van der Waals surface area (Å²) in [6, 6.07) is 11.6. The van der Waals surface area contributed by atoms with Gasteiger partial charge in [0.15, 0.2) is 6.10 Å². The largest absolute Gasteiger partial charge is 0.375 e. The third-order valence-electron chi connectivity index (χ3n) is 2.54. The maximum Gasteiger partial charge on any atom is 0.167 e. The fraction of sp³-hybridized carbons (Fsp3) is 0.500. The molecule has 92 valence electrons. The molecule has 17 heavy (non-hydrogen) atoms. The summed E-state index contributed by atoms with van der Waals surface area (Å²) in [6.07, 6.45) is -1.59. The lowest BCUT2D eigenvalue weighted by Gasteiger charge is -2.31. The zero-order chi connectivity index (χ0) is 12.9. The van der Waals surface area contributed by atoms with Crippen molar-refractivity contribution >= 4 is 0 Å².